The van der Waals surface area contributed by atoms with E-state index in [9.17, 15) is 0 Å². The third-order valence-electron chi connectivity index (χ3n) is 4.48. The van der Waals surface area contributed by atoms with Crippen molar-refractivity contribution in [1.29, 1.82) is 0 Å². The second-order valence-corrected chi connectivity index (χ2v) is 6.40. The van der Waals surface area contributed by atoms with Crippen molar-refractivity contribution in [3.8, 4) is 23.0 Å². The van der Waals surface area contributed by atoms with Crippen molar-refractivity contribution in [1.82, 2.24) is 19.9 Å². The van der Waals surface area contributed by atoms with Gasteiger partial charge in [0.15, 0.2) is 17.3 Å². The summed E-state index contributed by atoms with van der Waals surface area (Å²) in [5.74, 6) is 1.51. The predicted octanol–water partition coefficient (Wildman–Crippen LogP) is 3.47. The summed E-state index contributed by atoms with van der Waals surface area (Å²) in [7, 11) is 0. The van der Waals surface area contributed by atoms with Gasteiger partial charge in [0, 0.05) is 0 Å². The molecule has 0 atom stereocenters. The molecule has 7 nitrogen and oxygen atoms in total. The van der Waals surface area contributed by atoms with E-state index in [0.717, 1.165) is 31.4 Å². The number of aromatic nitrogens is 4. The molecule has 0 radical (unpaired) electrons. The van der Waals surface area contributed by atoms with Crippen molar-refractivity contribution in [2.24, 2.45) is 5.73 Å². The fourth-order valence-electron chi connectivity index (χ4n) is 2.84. The largest absolute Gasteiger partial charge is 0.489 e. The van der Waals surface area contributed by atoms with Crippen LogP contribution in [0.4, 0.5) is 0 Å². The van der Waals surface area contributed by atoms with Crippen LogP contribution in [0.3, 0.4) is 0 Å². The Morgan fingerprint density at radius 1 is 1.27 bits per heavy atom. The second-order valence-electron chi connectivity index (χ2n) is 6.40. The summed E-state index contributed by atoms with van der Waals surface area (Å²) < 4.78 is 13.0. The minimum absolute atomic E-state index is 0. The molecule has 0 aliphatic heterocycles. The van der Waals surface area contributed by atoms with Crippen LogP contribution in [0.25, 0.3) is 17.3 Å². The molecule has 1 fully saturated rings. The van der Waals surface area contributed by atoms with Gasteiger partial charge in [-0.05, 0) is 37.8 Å². The number of hydrogen-bond acceptors (Lipinski definition) is 6. The summed E-state index contributed by atoms with van der Waals surface area (Å²) in [6.45, 7) is 2.65. The van der Waals surface area contributed by atoms with Gasteiger partial charge in [-0.3, -0.25) is 0 Å². The highest BCUT2D eigenvalue weighted by atomic mass is 35.5. The molecule has 2 aromatic heterocycles. The van der Waals surface area contributed by atoms with Crippen LogP contribution in [0.2, 0.25) is 0 Å². The van der Waals surface area contributed by atoms with Crippen LogP contribution >= 0.6 is 12.4 Å². The van der Waals surface area contributed by atoms with E-state index in [2.05, 4.69) is 22.2 Å². The van der Waals surface area contributed by atoms with Crippen molar-refractivity contribution in [3.05, 3.63) is 42.4 Å². The number of nitrogens with two attached hydrogens (primary N) is 1. The highest BCUT2D eigenvalue weighted by Crippen LogP contribution is 2.38. The Bertz CT molecular complexity index is 858. The van der Waals surface area contributed by atoms with Crippen LogP contribution in [0, 0.1) is 0 Å². The van der Waals surface area contributed by atoms with Gasteiger partial charge in [-0.2, -0.15) is 10.1 Å². The van der Waals surface area contributed by atoms with Gasteiger partial charge in [-0.25, -0.2) is 4.68 Å². The Hall–Kier alpha value is -2.38. The van der Waals surface area contributed by atoms with Crippen molar-refractivity contribution >= 4 is 12.4 Å². The van der Waals surface area contributed by atoms with Crippen molar-refractivity contribution in [2.75, 3.05) is 6.61 Å². The molecule has 0 spiro atoms. The molecule has 138 valence electrons. The highest BCUT2D eigenvalue weighted by molar-refractivity contribution is 5.85. The van der Waals surface area contributed by atoms with Crippen LogP contribution < -0.4 is 10.5 Å². The first-order valence-corrected chi connectivity index (χ1v) is 8.61. The smallest absolute Gasteiger partial charge is 0.282 e. The molecule has 1 aliphatic rings. The van der Waals surface area contributed by atoms with Gasteiger partial charge in [-0.1, -0.05) is 30.3 Å². The molecule has 0 unspecified atom stereocenters. The van der Waals surface area contributed by atoms with E-state index >= 15 is 0 Å². The maximum Gasteiger partial charge on any atom is 0.282 e. The van der Waals surface area contributed by atoms with E-state index in [4.69, 9.17) is 15.0 Å². The fourth-order valence-corrected chi connectivity index (χ4v) is 2.84. The van der Waals surface area contributed by atoms with Crippen molar-refractivity contribution in [2.45, 2.75) is 38.1 Å². The topological polar surface area (TPSA) is 92.0 Å². The first kappa shape index (κ1) is 18.4. The third-order valence-corrected chi connectivity index (χ3v) is 4.48. The summed E-state index contributed by atoms with van der Waals surface area (Å²) in [4.78, 5) is 4.49. The van der Waals surface area contributed by atoms with Crippen molar-refractivity contribution < 1.29 is 9.26 Å². The number of rotatable bonds is 6. The number of hydrogen-bond donors (Lipinski definition) is 1. The molecule has 8 heteroatoms. The molecule has 3 aromatic rings. The van der Waals surface area contributed by atoms with Crippen LogP contribution in [-0.4, -0.2) is 26.5 Å². The maximum absolute atomic E-state index is 6.29. The Morgan fingerprint density at radius 2 is 2.04 bits per heavy atom. The number of para-hydroxylation sites is 1. The molecule has 4 rings (SSSR count). The summed E-state index contributed by atoms with van der Waals surface area (Å²) >= 11 is 0. The lowest BCUT2D eigenvalue weighted by Gasteiger charge is -2.34. The number of halogens is 1. The van der Waals surface area contributed by atoms with Gasteiger partial charge in [0.05, 0.1) is 24.0 Å². The van der Waals surface area contributed by atoms with Crippen LogP contribution in [0.1, 0.15) is 38.4 Å². The van der Waals surface area contributed by atoms with Gasteiger partial charge in [0.2, 0.25) is 0 Å². The first-order valence-electron chi connectivity index (χ1n) is 8.61. The monoisotopic (exact) mass is 375 g/mol. The zero-order valence-corrected chi connectivity index (χ0v) is 15.4. The summed E-state index contributed by atoms with van der Waals surface area (Å²) in [6.07, 6.45) is 5.59. The fraction of sp³-hybridized carbons (Fsp3) is 0.389. The SMILES string of the molecule is CCCOc1cn(-c2ccccc2)nc1-c1nc(C2(N)CCC2)no1.Cl. The Kier molecular flexibility index (Phi) is 5.29. The molecule has 0 amide bonds. The molecule has 2 heterocycles. The highest BCUT2D eigenvalue weighted by Gasteiger charge is 2.39. The summed E-state index contributed by atoms with van der Waals surface area (Å²) in [5.41, 5.74) is 7.30. The molecule has 1 aromatic carbocycles. The number of nitrogens with zero attached hydrogens (tertiary/aromatic N) is 4. The molecule has 26 heavy (non-hydrogen) atoms. The van der Waals surface area contributed by atoms with Crippen molar-refractivity contribution in [3.63, 3.8) is 0 Å². The van der Waals surface area contributed by atoms with E-state index < -0.39 is 5.54 Å². The second kappa shape index (κ2) is 7.47. The van der Waals surface area contributed by atoms with E-state index in [1.165, 1.54) is 0 Å². The van der Waals surface area contributed by atoms with Crippen LogP contribution in [-0.2, 0) is 5.54 Å². The molecular formula is C18H22ClN5O2. The van der Waals surface area contributed by atoms with Crippen LogP contribution in [0.5, 0.6) is 5.75 Å². The Morgan fingerprint density at radius 3 is 2.69 bits per heavy atom. The standard InChI is InChI=1S/C18H21N5O2.ClH/c1-2-11-24-14-12-23(13-7-4-3-5-8-13)21-15(14)16-20-17(22-25-16)18(19)9-6-10-18;/h3-5,7-8,12H,2,6,9-11,19H2,1H3;1H. The average Bonchev–Trinajstić information content (AvgIpc) is 3.25. The molecule has 2 N–H and O–H groups in total. The lowest BCUT2D eigenvalue weighted by Crippen LogP contribution is -2.44. The minimum Gasteiger partial charge on any atom is -0.489 e. The minimum atomic E-state index is -0.464. The van der Waals surface area contributed by atoms with E-state index in [1.54, 1.807) is 4.68 Å². The van der Waals surface area contributed by atoms with Gasteiger partial charge in [0.25, 0.3) is 5.89 Å². The van der Waals surface area contributed by atoms with Gasteiger partial charge in [-0.15, -0.1) is 12.4 Å². The Balaban J connectivity index is 0.00000196. The van der Waals surface area contributed by atoms with Gasteiger partial charge < -0.3 is 15.0 Å². The summed E-state index contributed by atoms with van der Waals surface area (Å²) in [6, 6.07) is 9.84. The first-order chi connectivity index (χ1) is 12.2. The van der Waals surface area contributed by atoms with Gasteiger partial charge in [0.1, 0.15) is 0 Å². The average molecular weight is 376 g/mol. The molecule has 0 bridgehead atoms. The third kappa shape index (κ3) is 3.32. The predicted molar refractivity (Wildman–Crippen MR) is 99.6 cm³/mol. The molecule has 0 saturated heterocycles. The van der Waals surface area contributed by atoms with Gasteiger partial charge >= 0.3 is 0 Å². The quantitative estimate of drug-likeness (QED) is 0.709. The maximum atomic E-state index is 6.29. The molecule has 1 saturated carbocycles. The van der Waals surface area contributed by atoms with E-state index in [-0.39, 0.29) is 12.4 Å². The Labute approximate surface area is 157 Å². The molecular weight excluding hydrogens is 354 g/mol. The normalized spacial score (nSPS) is 15.2. The zero-order chi connectivity index (χ0) is 17.3. The number of benzene rings is 1. The summed E-state index contributed by atoms with van der Waals surface area (Å²) in [5, 5.41) is 8.67. The lowest BCUT2D eigenvalue weighted by molar-refractivity contribution is 0.229. The lowest BCUT2D eigenvalue weighted by atomic mass is 9.77. The number of ether oxygens (including phenoxy) is 1. The van der Waals surface area contributed by atoms with E-state index in [1.807, 2.05) is 36.5 Å². The molecule has 1 aliphatic carbocycles. The van der Waals surface area contributed by atoms with Crippen LogP contribution in [0.15, 0.2) is 41.1 Å². The zero-order valence-electron chi connectivity index (χ0n) is 14.6. The van der Waals surface area contributed by atoms with E-state index in [0.29, 0.717) is 29.8 Å².